The zero-order chi connectivity index (χ0) is 14.8. The fraction of sp³-hybridized carbons (Fsp3) is 0.467. The predicted molar refractivity (Wildman–Crippen MR) is 81.0 cm³/mol. The summed E-state index contributed by atoms with van der Waals surface area (Å²) in [6.45, 7) is 5.16. The average Bonchev–Trinajstić information content (AvgIpc) is 3.16. The minimum absolute atomic E-state index is 0.0149. The fourth-order valence-corrected chi connectivity index (χ4v) is 3.02. The second kappa shape index (κ2) is 5.73. The molecule has 2 aromatic rings. The van der Waals surface area contributed by atoms with E-state index in [0.29, 0.717) is 12.6 Å². The summed E-state index contributed by atoms with van der Waals surface area (Å²) < 4.78 is 0. The fourth-order valence-electron chi connectivity index (χ4n) is 3.02. The van der Waals surface area contributed by atoms with Crippen molar-refractivity contribution in [2.45, 2.75) is 32.7 Å². The van der Waals surface area contributed by atoms with Gasteiger partial charge in [-0.15, -0.1) is 0 Å². The maximum Gasteiger partial charge on any atom is 0.238 e. The number of aromatic nitrogens is 3. The van der Waals surface area contributed by atoms with Crippen LogP contribution in [0, 0.1) is 13.8 Å². The molecule has 0 spiro atoms. The van der Waals surface area contributed by atoms with E-state index in [0.717, 1.165) is 36.5 Å². The summed E-state index contributed by atoms with van der Waals surface area (Å²) in [6, 6.07) is 4.41. The van der Waals surface area contributed by atoms with E-state index >= 15 is 0 Å². The van der Waals surface area contributed by atoms with E-state index in [-0.39, 0.29) is 5.91 Å². The molecule has 112 valence electrons. The summed E-state index contributed by atoms with van der Waals surface area (Å²) in [7, 11) is 0. The van der Waals surface area contributed by atoms with E-state index in [2.05, 4.69) is 31.5 Å². The van der Waals surface area contributed by atoms with Crippen LogP contribution >= 0.6 is 0 Å². The number of rotatable bonds is 4. The molecule has 0 aliphatic carbocycles. The number of hydrogen-bond acceptors (Lipinski definition) is 3. The molecule has 0 unspecified atom stereocenters. The van der Waals surface area contributed by atoms with Gasteiger partial charge in [0, 0.05) is 11.9 Å². The molecule has 1 aliphatic rings. The quantitative estimate of drug-likeness (QED) is 0.806. The zero-order valence-corrected chi connectivity index (χ0v) is 12.4. The van der Waals surface area contributed by atoms with Crippen LogP contribution in [0.25, 0.3) is 0 Å². The predicted octanol–water partition coefficient (Wildman–Crippen LogP) is 2.13. The van der Waals surface area contributed by atoms with Crippen molar-refractivity contribution in [3.63, 3.8) is 0 Å². The third kappa shape index (κ3) is 2.85. The van der Waals surface area contributed by atoms with Crippen molar-refractivity contribution in [2.75, 3.05) is 18.4 Å². The first-order valence-electron chi connectivity index (χ1n) is 7.34. The van der Waals surface area contributed by atoms with Crippen LogP contribution in [0.2, 0.25) is 0 Å². The highest BCUT2D eigenvalue weighted by atomic mass is 16.2. The van der Waals surface area contributed by atoms with Gasteiger partial charge in [-0.3, -0.25) is 14.8 Å². The van der Waals surface area contributed by atoms with Crippen molar-refractivity contribution in [1.82, 2.24) is 20.1 Å². The monoisotopic (exact) mass is 287 g/mol. The molecule has 1 fully saturated rings. The molecule has 6 heteroatoms. The smallest absolute Gasteiger partial charge is 0.238 e. The largest absolute Gasteiger partial charge is 0.364 e. The highest BCUT2D eigenvalue weighted by Gasteiger charge is 2.28. The molecule has 0 saturated carbocycles. The summed E-state index contributed by atoms with van der Waals surface area (Å²) in [5.74, 6) is 0.0149. The van der Waals surface area contributed by atoms with Crippen LogP contribution in [-0.4, -0.2) is 39.1 Å². The van der Waals surface area contributed by atoms with E-state index in [1.165, 1.54) is 5.69 Å². The average molecular weight is 287 g/mol. The van der Waals surface area contributed by atoms with E-state index in [1.807, 2.05) is 26.1 Å². The standard InChI is InChI=1S/C15H21N5O/c1-10-15(11(2)19-18-10)17-14(21)9-20-8-4-6-13(20)12-5-3-7-16-12/h3,5,7,13,16H,4,6,8-9H2,1-2H3,(H,17,21)(H,18,19)/t13-/m1/s1. The van der Waals surface area contributed by atoms with Crippen molar-refractivity contribution in [3.05, 3.63) is 35.4 Å². The molecule has 2 aromatic heterocycles. The second-order valence-corrected chi connectivity index (χ2v) is 5.61. The first-order chi connectivity index (χ1) is 10.1. The van der Waals surface area contributed by atoms with Gasteiger partial charge in [-0.25, -0.2) is 0 Å². The van der Waals surface area contributed by atoms with Crippen molar-refractivity contribution in [2.24, 2.45) is 0 Å². The van der Waals surface area contributed by atoms with Crippen LogP contribution in [0.5, 0.6) is 0 Å². The third-order valence-electron chi connectivity index (χ3n) is 4.08. The number of nitrogens with zero attached hydrogens (tertiary/aromatic N) is 2. The van der Waals surface area contributed by atoms with Gasteiger partial charge in [-0.1, -0.05) is 0 Å². The third-order valence-corrected chi connectivity index (χ3v) is 4.08. The topological polar surface area (TPSA) is 76.8 Å². The molecule has 0 radical (unpaired) electrons. The van der Waals surface area contributed by atoms with E-state index in [4.69, 9.17) is 0 Å². The minimum Gasteiger partial charge on any atom is -0.364 e. The number of carbonyl (C=O) groups excluding carboxylic acids is 1. The molecule has 3 heterocycles. The number of nitrogens with one attached hydrogen (secondary N) is 3. The summed E-state index contributed by atoms with van der Waals surface area (Å²) in [5.41, 5.74) is 3.71. The molecule has 3 rings (SSSR count). The Morgan fingerprint density at radius 2 is 2.38 bits per heavy atom. The molecular formula is C15H21N5O. The number of hydrogen-bond donors (Lipinski definition) is 3. The van der Waals surface area contributed by atoms with E-state index in [1.54, 1.807) is 0 Å². The van der Waals surface area contributed by atoms with Crippen LogP contribution in [0.1, 0.15) is 36.0 Å². The zero-order valence-electron chi connectivity index (χ0n) is 12.4. The van der Waals surface area contributed by atoms with Gasteiger partial charge in [0.1, 0.15) is 0 Å². The van der Waals surface area contributed by atoms with Gasteiger partial charge in [-0.2, -0.15) is 5.10 Å². The van der Waals surface area contributed by atoms with Crippen LogP contribution in [0.15, 0.2) is 18.3 Å². The molecular weight excluding hydrogens is 266 g/mol. The van der Waals surface area contributed by atoms with Crippen molar-refractivity contribution >= 4 is 11.6 Å². The van der Waals surface area contributed by atoms with Crippen molar-refractivity contribution < 1.29 is 4.79 Å². The van der Waals surface area contributed by atoms with E-state index < -0.39 is 0 Å². The molecule has 1 atom stereocenters. The number of H-pyrrole nitrogens is 2. The summed E-state index contributed by atoms with van der Waals surface area (Å²) in [6.07, 6.45) is 4.16. The first-order valence-corrected chi connectivity index (χ1v) is 7.34. The highest BCUT2D eigenvalue weighted by molar-refractivity contribution is 5.93. The van der Waals surface area contributed by atoms with Crippen molar-refractivity contribution in [1.29, 1.82) is 0 Å². The molecule has 1 saturated heterocycles. The Bertz CT molecular complexity index is 597. The summed E-state index contributed by atoms with van der Waals surface area (Å²) in [4.78, 5) is 17.8. The van der Waals surface area contributed by atoms with Gasteiger partial charge in [0.15, 0.2) is 0 Å². The minimum atomic E-state index is 0.0149. The molecule has 6 nitrogen and oxygen atoms in total. The maximum absolute atomic E-state index is 12.3. The molecule has 0 bridgehead atoms. The molecule has 0 aromatic carbocycles. The van der Waals surface area contributed by atoms with Gasteiger partial charge in [-0.05, 0) is 45.4 Å². The van der Waals surface area contributed by atoms with Crippen LogP contribution in [0.4, 0.5) is 5.69 Å². The lowest BCUT2D eigenvalue weighted by molar-refractivity contribution is -0.117. The highest BCUT2D eigenvalue weighted by Crippen LogP contribution is 2.30. The Morgan fingerprint density at radius 1 is 1.52 bits per heavy atom. The number of anilines is 1. The van der Waals surface area contributed by atoms with E-state index in [9.17, 15) is 4.79 Å². The van der Waals surface area contributed by atoms with Crippen LogP contribution in [-0.2, 0) is 4.79 Å². The Morgan fingerprint density at radius 3 is 3.05 bits per heavy atom. The maximum atomic E-state index is 12.3. The number of carbonyl (C=O) groups is 1. The first kappa shape index (κ1) is 13.9. The van der Waals surface area contributed by atoms with Crippen LogP contribution in [0.3, 0.4) is 0 Å². The van der Waals surface area contributed by atoms with Crippen LogP contribution < -0.4 is 5.32 Å². The lowest BCUT2D eigenvalue weighted by atomic mass is 10.1. The van der Waals surface area contributed by atoms with Gasteiger partial charge >= 0.3 is 0 Å². The number of aromatic amines is 2. The van der Waals surface area contributed by atoms with Crippen molar-refractivity contribution in [3.8, 4) is 0 Å². The molecule has 1 amide bonds. The number of likely N-dealkylation sites (tertiary alicyclic amines) is 1. The lowest BCUT2D eigenvalue weighted by Gasteiger charge is -2.23. The number of amides is 1. The summed E-state index contributed by atoms with van der Waals surface area (Å²) in [5, 5.41) is 9.95. The Kier molecular flexibility index (Phi) is 3.79. The Hall–Kier alpha value is -2.08. The normalized spacial score (nSPS) is 19.0. The lowest BCUT2D eigenvalue weighted by Crippen LogP contribution is -2.33. The molecule has 21 heavy (non-hydrogen) atoms. The Balaban J connectivity index is 1.64. The SMILES string of the molecule is Cc1n[nH]c(C)c1NC(=O)CN1CCC[C@@H]1c1ccc[nH]1. The van der Waals surface area contributed by atoms with Gasteiger partial charge in [0.25, 0.3) is 0 Å². The van der Waals surface area contributed by atoms with Gasteiger partial charge < -0.3 is 10.3 Å². The van der Waals surface area contributed by atoms with Gasteiger partial charge in [0.05, 0.1) is 29.7 Å². The summed E-state index contributed by atoms with van der Waals surface area (Å²) >= 11 is 0. The van der Waals surface area contributed by atoms with Gasteiger partial charge in [0.2, 0.25) is 5.91 Å². The molecule has 1 aliphatic heterocycles. The number of aryl methyl sites for hydroxylation is 2. The Labute approximate surface area is 123 Å². The molecule has 3 N–H and O–H groups in total. The second-order valence-electron chi connectivity index (χ2n) is 5.61.